The summed E-state index contributed by atoms with van der Waals surface area (Å²) in [7, 11) is -3.78. The van der Waals surface area contributed by atoms with Crippen molar-refractivity contribution in [2.75, 3.05) is 0 Å². The summed E-state index contributed by atoms with van der Waals surface area (Å²) in [4.78, 5) is 12.2. The summed E-state index contributed by atoms with van der Waals surface area (Å²) in [5.41, 5.74) is 0.168. The van der Waals surface area contributed by atoms with Gasteiger partial charge in [-0.3, -0.25) is 4.79 Å². The second-order valence-corrected chi connectivity index (χ2v) is 6.82. The Morgan fingerprint density at radius 3 is 2.58 bits per heavy atom. The first-order valence-electron chi connectivity index (χ1n) is 6.31. The van der Waals surface area contributed by atoms with Crippen LogP contribution in [0.4, 0.5) is 0 Å². The molecule has 0 unspecified atom stereocenters. The molecule has 1 aromatic heterocycles. The Balaban J connectivity index is 2.28. The molecule has 1 heterocycles. The normalized spacial score (nSPS) is 17.8. The van der Waals surface area contributed by atoms with Gasteiger partial charge in [0, 0.05) is 18.3 Å². The van der Waals surface area contributed by atoms with Gasteiger partial charge in [-0.2, -0.15) is 0 Å². The Kier molecular flexibility index (Phi) is 3.44. The van der Waals surface area contributed by atoms with Gasteiger partial charge in [0.2, 0.25) is 10.0 Å². The van der Waals surface area contributed by atoms with E-state index in [9.17, 15) is 13.2 Å². The third kappa shape index (κ3) is 2.82. The van der Waals surface area contributed by atoms with Crippen LogP contribution in [0.25, 0.3) is 0 Å². The van der Waals surface area contributed by atoms with E-state index in [-0.39, 0.29) is 16.3 Å². The van der Waals surface area contributed by atoms with Crippen molar-refractivity contribution < 1.29 is 13.2 Å². The maximum atomic E-state index is 12.2. The van der Waals surface area contributed by atoms with Gasteiger partial charge in [0.15, 0.2) is 0 Å². The van der Waals surface area contributed by atoms with Crippen LogP contribution in [-0.4, -0.2) is 24.4 Å². The Bertz CT molecular complexity index is 600. The minimum absolute atomic E-state index is 0.0294. The summed E-state index contributed by atoms with van der Waals surface area (Å²) in [5.74, 6) is -0.251. The van der Waals surface area contributed by atoms with E-state index in [0.29, 0.717) is 12.2 Å². The number of carbonyl (C=O) groups excluding carboxylic acids is 1. The highest BCUT2D eigenvalue weighted by Gasteiger charge is 2.34. The molecule has 3 N–H and O–H groups in total. The summed E-state index contributed by atoms with van der Waals surface area (Å²) in [6.45, 7) is 4.35. The molecule has 1 saturated carbocycles. The van der Waals surface area contributed by atoms with Crippen molar-refractivity contribution in [3.05, 3.63) is 18.0 Å². The van der Waals surface area contributed by atoms with E-state index in [1.54, 1.807) is 4.57 Å². The number of primary sulfonamides is 1. The molecule has 0 aliphatic heterocycles. The fourth-order valence-corrected chi connectivity index (χ4v) is 2.81. The van der Waals surface area contributed by atoms with E-state index in [1.165, 1.54) is 12.3 Å². The standard InChI is InChI=1S/C12H19N3O3S/c1-3-15-8-9(19(13,17)18)7-10(15)11(16)14-12(2)5-4-6-12/h7-8H,3-6H2,1-2H3,(H,14,16)(H2,13,17,18). The first-order chi connectivity index (χ1) is 8.75. The van der Waals surface area contributed by atoms with Gasteiger partial charge in [-0.15, -0.1) is 0 Å². The molecule has 2 rings (SSSR count). The number of nitrogens with one attached hydrogen (secondary N) is 1. The van der Waals surface area contributed by atoms with E-state index in [2.05, 4.69) is 5.32 Å². The van der Waals surface area contributed by atoms with Gasteiger partial charge in [-0.1, -0.05) is 0 Å². The first-order valence-corrected chi connectivity index (χ1v) is 7.85. The van der Waals surface area contributed by atoms with E-state index in [1.807, 2.05) is 13.8 Å². The zero-order chi connectivity index (χ0) is 14.3. The smallest absolute Gasteiger partial charge is 0.268 e. The Morgan fingerprint density at radius 2 is 2.16 bits per heavy atom. The highest BCUT2D eigenvalue weighted by atomic mass is 32.2. The molecule has 0 radical (unpaired) electrons. The van der Waals surface area contributed by atoms with E-state index in [0.717, 1.165) is 19.3 Å². The lowest BCUT2D eigenvalue weighted by molar-refractivity contribution is 0.0841. The van der Waals surface area contributed by atoms with Crippen molar-refractivity contribution in [3.63, 3.8) is 0 Å². The molecule has 7 heteroatoms. The molecule has 19 heavy (non-hydrogen) atoms. The van der Waals surface area contributed by atoms with Crippen LogP contribution in [0.3, 0.4) is 0 Å². The fourth-order valence-electron chi connectivity index (χ4n) is 2.26. The molecule has 1 fully saturated rings. The second-order valence-electron chi connectivity index (χ2n) is 5.26. The molecule has 0 bridgehead atoms. The summed E-state index contributed by atoms with van der Waals surface area (Å²) in [6, 6.07) is 1.33. The van der Waals surface area contributed by atoms with Crippen LogP contribution >= 0.6 is 0 Å². The number of hydrogen-bond acceptors (Lipinski definition) is 3. The number of hydrogen-bond donors (Lipinski definition) is 2. The Labute approximate surface area is 113 Å². The van der Waals surface area contributed by atoms with Crippen LogP contribution in [0.5, 0.6) is 0 Å². The van der Waals surface area contributed by atoms with Gasteiger partial charge in [-0.25, -0.2) is 13.6 Å². The molecular weight excluding hydrogens is 266 g/mol. The summed E-state index contributed by atoms with van der Waals surface area (Å²) in [6.07, 6.45) is 4.41. The van der Waals surface area contributed by atoms with Crippen molar-refractivity contribution in [3.8, 4) is 0 Å². The highest BCUT2D eigenvalue weighted by Crippen LogP contribution is 2.31. The van der Waals surface area contributed by atoms with Gasteiger partial charge in [0.25, 0.3) is 5.91 Å². The van der Waals surface area contributed by atoms with Gasteiger partial charge < -0.3 is 9.88 Å². The van der Waals surface area contributed by atoms with Crippen LogP contribution in [0.2, 0.25) is 0 Å². The number of nitrogens with two attached hydrogens (primary N) is 1. The summed E-state index contributed by atoms with van der Waals surface area (Å²) >= 11 is 0. The van der Waals surface area contributed by atoms with Gasteiger partial charge in [-0.05, 0) is 39.2 Å². The van der Waals surface area contributed by atoms with Crippen LogP contribution in [-0.2, 0) is 16.6 Å². The van der Waals surface area contributed by atoms with Crippen LogP contribution in [0.15, 0.2) is 17.2 Å². The molecule has 0 spiro atoms. The quantitative estimate of drug-likeness (QED) is 0.857. The Morgan fingerprint density at radius 1 is 1.53 bits per heavy atom. The van der Waals surface area contributed by atoms with Crippen molar-refractivity contribution in [2.45, 2.75) is 50.1 Å². The highest BCUT2D eigenvalue weighted by molar-refractivity contribution is 7.89. The average Bonchev–Trinajstić information content (AvgIpc) is 2.70. The number of carbonyl (C=O) groups is 1. The minimum Gasteiger partial charge on any atom is -0.346 e. The maximum absolute atomic E-state index is 12.2. The first kappa shape index (κ1) is 14.1. The molecule has 0 aromatic carbocycles. The van der Waals surface area contributed by atoms with Crippen molar-refractivity contribution in [1.82, 2.24) is 9.88 Å². The molecule has 6 nitrogen and oxygen atoms in total. The van der Waals surface area contributed by atoms with Gasteiger partial charge >= 0.3 is 0 Å². The Hall–Kier alpha value is -1.34. The molecule has 1 amide bonds. The van der Waals surface area contributed by atoms with Gasteiger partial charge in [0.05, 0.1) is 0 Å². The molecule has 0 saturated heterocycles. The van der Waals surface area contributed by atoms with Gasteiger partial charge in [0.1, 0.15) is 10.6 Å². The van der Waals surface area contributed by atoms with Crippen LogP contribution < -0.4 is 10.5 Å². The van der Waals surface area contributed by atoms with Crippen molar-refractivity contribution in [1.29, 1.82) is 0 Å². The molecule has 1 aliphatic carbocycles. The minimum atomic E-state index is -3.78. The third-order valence-corrected chi connectivity index (χ3v) is 4.53. The van der Waals surface area contributed by atoms with E-state index in [4.69, 9.17) is 5.14 Å². The number of nitrogens with zero attached hydrogens (tertiary/aromatic N) is 1. The molecular formula is C12H19N3O3S. The molecule has 1 aromatic rings. The van der Waals surface area contributed by atoms with E-state index < -0.39 is 10.0 Å². The lowest BCUT2D eigenvalue weighted by Gasteiger charge is -2.39. The SMILES string of the molecule is CCn1cc(S(N)(=O)=O)cc1C(=O)NC1(C)CCC1. The predicted molar refractivity (Wildman–Crippen MR) is 71.2 cm³/mol. The van der Waals surface area contributed by atoms with E-state index >= 15 is 0 Å². The number of rotatable bonds is 4. The average molecular weight is 285 g/mol. The number of aromatic nitrogens is 1. The van der Waals surface area contributed by atoms with Crippen LogP contribution in [0, 0.1) is 0 Å². The number of sulfonamides is 1. The molecule has 1 aliphatic rings. The summed E-state index contributed by atoms with van der Waals surface area (Å²) in [5, 5.41) is 8.04. The topological polar surface area (TPSA) is 94.2 Å². The zero-order valence-electron chi connectivity index (χ0n) is 11.1. The number of amides is 1. The van der Waals surface area contributed by atoms with Crippen molar-refractivity contribution in [2.24, 2.45) is 5.14 Å². The zero-order valence-corrected chi connectivity index (χ0v) is 12.0. The fraction of sp³-hybridized carbons (Fsp3) is 0.583. The molecule has 106 valence electrons. The lowest BCUT2D eigenvalue weighted by atomic mass is 9.78. The largest absolute Gasteiger partial charge is 0.346 e. The summed E-state index contributed by atoms with van der Waals surface area (Å²) < 4.78 is 24.2. The molecule has 0 atom stereocenters. The second kappa shape index (κ2) is 4.64. The number of aryl methyl sites for hydroxylation is 1. The van der Waals surface area contributed by atoms with Crippen molar-refractivity contribution >= 4 is 15.9 Å². The van der Waals surface area contributed by atoms with Crippen LogP contribution in [0.1, 0.15) is 43.6 Å². The monoisotopic (exact) mass is 285 g/mol. The third-order valence-electron chi connectivity index (χ3n) is 3.65. The lowest BCUT2D eigenvalue weighted by Crippen LogP contribution is -2.51. The predicted octanol–water partition coefficient (Wildman–Crippen LogP) is 0.828. The maximum Gasteiger partial charge on any atom is 0.268 e.